The first-order valence-electron chi connectivity index (χ1n) is 6.02. The Hall–Kier alpha value is -2.48. The van der Waals surface area contributed by atoms with E-state index >= 15 is 0 Å². The molecule has 0 radical (unpaired) electrons. The van der Waals surface area contributed by atoms with Crippen LogP contribution in [-0.2, 0) is 15.8 Å². The van der Waals surface area contributed by atoms with E-state index in [9.17, 15) is 18.0 Å². The van der Waals surface area contributed by atoms with Crippen LogP contribution >= 0.6 is 0 Å². The molecule has 0 fully saturated rings. The molecule has 2 N–H and O–H groups in total. The quantitative estimate of drug-likeness (QED) is 0.798. The standard InChI is InChI=1S/C13H13N3O4S/c1-9(17)12-14-7-11(13(18)15-12)16-21(19,20)8-10-5-3-2-4-6-10/h2-7,16H,8H2,1H3,(H,14,15,18). The summed E-state index contributed by atoms with van der Waals surface area (Å²) in [6.45, 7) is 1.25. The molecule has 0 unspecified atom stereocenters. The normalized spacial score (nSPS) is 11.1. The number of carbonyl (C=O) groups excluding carboxylic acids is 1. The van der Waals surface area contributed by atoms with E-state index in [0.717, 1.165) is 6.20 Å². The molecular formula is C13H13N3O4S. The second kappa shape index (κ2) is 5.88. The average Bonchev–Trinajstić information content (AvgIpc) is 2.41. The molecule has 1 heterocycles. The second-order valence-corrected chi connectivity index (χ2v) is 6.10. The fourth-order valence-electron chi connectivity index (χ4n) is 1.64. The molecule has 0 aliphatic rings. The maximum Gasteiger partial charge on any atom is 0.275 e. The molecule has 21 heavy (non-hydrogen) atoms. The van der Waals surface area contributed by atoms with E-state index in [0.29, 0.717) is 5.56 Å². The zero-order valence-corrected chi connectivity index (χ0v) is 12.0. The van der Waals surface area contributed by atoms with Crippen LogP contribution in [0.1, 0.15) is 23.1 Å². The largest absolute Gasteiger partial charge is 0.302 e. The second-order valence-electron chi connectivity index (χ2n) is 4.38. The van der Waals surface area contributed by atoms with Crippen LogP contribution in [0.2, 0.25) is 0 Å². The van der Waals surface area contributed by atoms with E-state index in [1.165, 1.54) is 6.92 Å². The molecule has 2 rings (SSSR count). The van der Waals surface area contributed by atoms with Gasteiger partial charge in [-0.1, -0.05) is 30.3 Å². The molecule has 8 heteroatoms. The predicted octanol–water partition coefficient (Wildman–Crippen LogP) is 0.914. The number of hydrogen-bond donors (Lipinski definition) is 2. The van der Waals surface area contributed by atoms with Crippen LogP contribution < -0.4 is 10.3 Å². The van der Waals surface area contributed by atoms with Crippen LogP contribution in [0.4, 0.5) is 5.69 Å². The number of nitrogens with zero attached hydrogens (tertiary/aromatic N) is 1. The lowest BCUT2D eigenvalue weighted by Gasteiger charge is -2.07. The summed E-state index contributed by atoms with van der Waals surface area (Å²) in [7, 11) is -3.74. The number of aromatic amines is 1. The highest BCUT2D eigenvalue weighted by Crippen LogP contribution is 2.08. The Morgan fingerprint density at radius 1 is 1.29 bits per heavy atom. The van der Waals surface area contributed by atoms with Gasteiger partial charge in [0.05, 0.1) is 11.9 Å². The van der Waals surface area contributed by atoms with E-state index < -0.39 is 21.4 Å². The summed E-state index contributed by atoms with van der Waals surface area (Å²) < 4.78 is 26.1. The molecular weight excluding hydrogens is 294 g/mol. The number of H-pyrrole nitrogens is 1. The van der Waals surface area contributed by atoms with Crippen LogP contribution in [0, 0.1) is 0 Å². The maximum absolute atomic E-state index is 12.0. The van der Waals surface area contributed by atoms with Gasteiger partial charge in [-0.25, -0.2) is 13.4 Å². The van der Waals surface area contributed by atoms with E-state index in [4.69, 9.17) is 0 Å². The monoisotopic (exact) mass is 307 g/mol. The number of nitrogens with one attached hydrogen (secondary N) is 2. The summed E-state index contributed by atoms with van der Waals surface area (Å²) in [5.41, 5.74) is -0.350. The van der Waals surface area contributed by atoms with Crippen LogP contribution in [0.5, 0.6) is 0 Å². The van der Waals surface area contributed by atoms with Crippen molar-refractivity contribution in [1.29, 1.82) is 0 Å². The van der Waals surface area contributed by atoms with E-state index in [-0.39, 0.29) is 17.3 Å². The van der Waals surface area contributed by atoms with Crippen molar-refractivity contribution in [3.8, 4) is 0 Å². The van der Waals surface area contributed by atoms with Gasteiger partial charge in [0, 0.05) is 6.92 Å². The van der Waals surface area contributed by atoms with Gasteiger partial charge in [0.15, 0.2) is 11.6 Å². The molecule has 0 aliphatic heterocycles. The molecule has 7 nitrogen and oxygen atoms in total. The van der Waals surface area contributed by atoms with Crippen molar-refractivity contribution in [1.82, 2.24) is 9.97 Å². The third-order valence-electron chi connectivity index (χ3n) is 2.60. The van der Waals surface area contributed by atoms with Crippen molar-refractivity contribution in [2.75, 3.05) is 4.72 Å². The molecule has 0 bridgehead atoms. The van der Waals surface area contributed by atoms with Crippen LogP contribution in [0.15, 0.2) is 41.3 Å². The first-order valence-corrected chi connectivity index (χ1v) is 7.67. The Morgan fingerprint density at radius 2 is 1.95 bits per heavy atom. The first-order chi connectivity index (χ1) is 9.87. The zero-order valence-electron chi connectivity index (χ0n) is 11.2. The lowest BCUT2D eigenvalue weighted by molar-refractivity contribution is 0.100. The molecule has 0 saturated carbocycles. The van der Waals surface area contributed by atoms with Gasteiger partial charge in [-0.05, 0) is 5.56 Å². The number of anilines is 1. The Morgan fingerprint density at radius 3 is 2.52 bits per heavy atom. The molecule has 0 amide bonds. The number of hydrogen-bond acceptors (Lipinski definition) is 5. The predicted molar refractivity (Wildman–Crippen MR) is 77.6 cm³/mol. The molecule has 2 aromatic rings. The van der Waals surface area contributed by atoms with Crippen molar-refractivity contribution < 1.29 is 13.2 Å². The minimum Gasteiger partial charge on any atom is -0.302 e. The average molecular weight is 307 g/mol. The van der Waals surface area contributed by atoms with Crippen molar-refractivity contribution >= 4 is 21.5 Å². The molecule has 0 spiro atoms. The van der Waals surface area contributed by atoms with Crippen molar-refractivity contribution in [2.24, 2.45) is 0 Å². The van der Waals surface area contributed by atoms with Gasteiger partial charge in [0.2, 0.25) is 10.0 Å². The topological polar surface area (TPSA) is 109 Å². The summed E-state index contributed by atoms with van der Waals surface area (Å²) in [5, 5.41) is 0. The minimum atomic E-state index is -3.74. The van der Waals surface area contributed by atoms with Crippen LogP contribution in [0.3, 0.4) is 0 Å². The van der Waals surface area contributed by atoms with Crippen LogP contribution in [-0.4, -0.2) is 24.2 Å². The number of ketones is 1. The highest BCUT2D eigenvalue weighted by Gasteiger charge is 2.15. The van der Waals surface area contributed by atoms with E-state index in [1.54, 1.807) is 30.3 Å². The van der Waals surface area contributed by atoms with Crippen molar-refractivity contribution in [3.05, 3.63) is 58.3 Å². The van der Waals surface area contributed by atoms with Gasteiger partial charge in [-0.3, -0.25) is 14.3 Å². The number of carbonyl (C=O) groups is 1. The van der Waals surface area contributed by atoms with Gasteiger partial charge in [0.25, 0.3) is 5.56 Å². The van der Waals surface area contributed by atoms with Crippen molar-refractivity contribution in [3.63, 3.8) is 0 Å². The van der Waals surface area contributed by atoms with Gasteiger partial charge in [-0.15, -0.1) is 0 Å². The summed E-state index contributed by atoms with van der Waals surface area (Å²) in [4.78, 5) is 28.7. The molecule has 0 atom stereocenters. The number of aromatic nitrogens is 2. The number of rotatable bonds is 5. The highest BCUT2D eigenvalue weighted by molar-refractivity contribution is 7.91. The lowest BCUT2D eigenvalue weighted by atomic mass is 10.2. The number of benzene rings is 1. The van der Waals surface area contributed by atoms with Crippen molar-refractivity contribution in [2.45, 2.75) is 12.7 Å². The number of Topliss-reactive ketones (excluding diaryl/α,β-unsaturated/α-hetero) is 1. The smallest absolute Gasteiger partial charge is 0.275 e. The van der Waals surface area contributed by atoms with Gasteiger partial charge in [0.1, 0.15) is 5.69 Å². The zero-order chi connectivity index (χ0) is 15.5. The Bertz CT molecular complexity index is 813. The third-order valence-corrected chi connectivity index (χ3v) is 3.84. The van der Waals surface area contributed by atoms with E-state index in [2.05, 4.69) is 14.7 Å². The molecule has 1 aromatic heterocycles. The summed E-state index contributed by atoms with van der Waals surface area (Å²) in [5.74, 6) is -0.793. The fourth-order valence-corrected chi connectivity index (χ4v) is 2.83. The van der Waals surface area contributed by atoms with Gasteiger partial charge < -0.3 is 4.98 Å². The SMILES string of the molecule is CC(=O)c1ncc(NS(=O)(=O)Cc2ccccc2)c(=O)[nH]1. The summed E-state index contributed by atoms with van der Waals surface area (Å²) in [6.07, 6.45) is 1.03. The molecule has 110 valence electrons. The highest BCUT2D eigenvalue weighted by atomic mass is 32.2. The summed E-state index contributed by atoms with van der Waals surface area (Å²) in [6, 6.07) is 8.56. The Balaban J connectivity index is 2.21. The first kappa shape index (κ1) is 14.9. The summed E-state index contributed by atoms with van der Waals surface area (Å²) >= 11 is 0. The molecule has 0 saturated heterocycles. The third kappa shape index (κ3) is 3.99. The van der Waals surface area contributed by atoms with Gasteiger partial charge in [-0.2, -0.15) is 0 Å². The van der Waals surface area contributed by atoms with E-state index in [1.807, 2.05) is 0 Å². The fraction of sp³-hybridized carbons (Fsp3) is 0.154. The number of sulfonamides is 1. The molecule has 1 aromatic carbocycles. The van der Waals surface area contributed by atoms with Crippen LogP contribution in [0.25, 0.3) is 0 Å². The Labute approximate surface area is 121 Å². The lowest BCUT2D eigenvalue weighted by Crippen LogP contribution is -2.23. The maximum atomic E-state index is 12.0. The van der Waals surface area contributed by atoms with Gasteiger partial charge >= 0.3 is 0 Å². The minimum absolute atomic E-state index is 0.119. The Kier molecular flexibility index (Phi) is 4.18. The molecule has 0 aliphatic carbocycles.